The van der Waals surface area contributed by atoms with E-state index in [2.05, 4.69) is 16.3 Å². The van der Waals surface area contributed by atoms with Crippen molar-refractivity contribution in [3.63, 3.8) is 0 Å². The standard InChI is InChI=1S/C25H26FN5OS/c26-22-15-8-7-14-21(22)24-28-29-25(31(24)20-12-5-2-6-13-20)33-18-23(32)30(17-9-16-27)19-10-3-1-4-11-19/h1,3-4,7-8,10-11,14-15,20H,2,5-6,9,12-13,17-18H2. The van der Waals surface area contributed by atoms with Crippen LogP contribution in [0.25, 0.3) is 11.4 Å². The van der Waals surface area contributed by atoms with Gasteiger partial charge in [0.1, 0.15) is 5.82 Å². The number of nitriles is 1. The molecule has 1 saturated carbocycles. The molecule has 1 aromatic heterocycles. The first-order valence-electron chi connectivity index (χ1n) is 11.2. The van der Waals surface area contributed by atoms with Crippen molar-refractivity contribution < 1.29 is 9.18 Å². The van der Waals surface area contributed by atoms with Crippen LogP contribution in [0.3, 0.4) is 0 Å². The predicted molar refractivity (Wildman–Crippen MR) is 127 cm³/mol. The van der Waals surface area contributed by atoms with Gasteiger partial charge in [0.2, 0.25) is 5.91 Å². The maximum atomic E-state index is 14.6. The number of rotatable bonds is 8. The molecular formula is C25H26FN5OS. The van der Waals surface area contributed by atoms with E-state index >= 15 is 0 Å². The number of hydrogen-bond donors (Lipinski definition) is 0. The van der Waals surface area contributed by atoms with Gasteiger partial charge in [-0.25, -0.2) is 4.39 Å². The summed E-state index contributed by atoms with van der Waals surface area (Å²) in [6, 6.07) is 18.3. The molecule has 1 aliphatic carbocycles. The predicted octanol–water partition coefficient (Wildman–Crippen LogP) is 5.63. The largest absolute Gasteiger partial charge is 0.311 e. The lowest BCUT2D eigenvalue weighted by atomic mass is 9.95. The highest BCUT2D eigenvalue weighted by Crippen LogP contribution is 2.36. The number of thioether (sulfide) groups is 1. The molecular weight excluding hydrogens is 437 g/mol. The zero-order valence-electron chi connectivity index (χ0n) is 18.4. The van der Waals surface area contributed by atoms with Gasteiger partial charge in [-0.05, 0) is 37.1 Å². The number of amides is 1. The molecule has 8 heteroatoms. The number of anilines is 1. The highest BCUT2D eigenvalue weighted by atomic mass is 32.2. The fourth-order valence-corrected chi connectivity index (χ4v) is 5.12. The average Bonchev–Trinajstić information content (AvgIpc) is 3.28. The van der Waals surface area contributed by atoms with Crippen molar-refractivity contribution in [2.24, 2.45) is 0 Å². The number of carbonyl (C=O) groups is 1. The minimum absolute atomic E-state index is 0.105. The van der Waals surface area contributed by atoms with E-state index in [9.17, 15) is 9.18 Å². The van der Waals surface area contributed by atoms with Gasteiger partial charge in [0, 0.05) is 18.3 Å². The highest BCUT2D eigenvalue weighted by molar-refractivity contribution is 7.99. The Morgan fingerprint density at radius 2 is 1.82 bits per heavy atom. The van der Waals surface area contributed by atoms with Gasteiger partial charge in [-0.1, -0.05) is 61.4 Å². The molecule has 0 saturated heterocycles. The molecule has 2 aromatic carbocycles. The van der Waals surface area contributed by atoms with Crippen LogP contribution < -0.4 is 4.90 Å². The van der Waals surface area contributed by atoms with Gasteiger partial charge in [0.05, 0.1) is 23.8 Å². The highest BCUT2D eigenvalue weighted by Gasteiger charge is 2.26. The van der Waals surface area contributed by atoms with Crippen LogP contribution in [0.5, 0.6) is 0 Å². The third kappa shape index (κ3) is 5.42. The van der Waals surface area contributed by atoms with Gasteiger partial charge in [0.15, 0.2) is 11.0 Å². The van der Waals surface area contributed by atoms with Crippen molar-refractivity contribution >= 4 is 23.4 Å². The minimum atomic E-state index is -0.332. The molecule has 1 aliphatic rings. The Morgan fingerprint density at radius 1 is 1.09 bits per heavy atom. The Hall–Kier alpha value is -3.18. The Labute approximate surface area is 197 Å². The Morgan fingerprint density at radius 3 is 2.55 bits per heavy atom. The van der Waals surface area contributed by atoms with Crippen LogP contribution in [-0.2, 0) is 4.79 Å². The van der Waals surface area contributed by atoms with Gasteiger partial charge in [-0.15, -0.1) is 10.2 Å². The average molecular weight is 464 g/mol. The molecule has 6 nitrogen and oxygen atoms in total. The maximum Gasteiger partial charge on any atom is 0.237 e. The molecule has 0 unspecified atom stereocenters. The fraction of sp³-hybridized carbons (Fsp3) is 0.360. The van der Waals surface area contributed by atoms with Crippen molar-refractivity contribution in [2.75, 3.05) is 17.2 Å². The van der Waals surface area contributed by atoms with E-state index in [1.165, 1.54) is 24.2 Å². The number of hydrogen-bond acceptors (Lipinski definition) is 5. The normalized spacial score (nSPS) is 14.1. The lowest BCUT2D eigenvalue weighted by Crippen LogP contribution is -2.33. The number of benzene rings is 2. The van der Waals surface area contributed by atoms with E-state index in [1.54, 1.807) is 23.1 Å². The van der Waals surface area contributed by atoms with Gasteiger partial charge in [-0.2, -0.15) is 5.26 Å². The van der Waals surface area contributed by atoms with Crippen LogP contribution in [0.4, 0.5) is 10.1 Å². The number of carbonyl (C=O) groups excluding carboxylic acids is 1. The summed E-state index contributed by atoms with van der Waals surface area (Å²) in [7, 11) is 0. The third-order valence-corrected chi connectivity index (χ3v) is 6.79. The first-order chi connectivity index (χ1) is 16.2. The molecule has 0 spiro atoms. The van der Waals surface area contributed by atoms with Crippen molar-refractivity contribution in [3.8, 4) is 17.5 Å². The van der Waals surface area contributed by atoms with Crippen LogP contribution in [0.2, 0.25) is 0 Å². The van der Waals surface area contributed by atoms with Gasteiger partial charge in [0.25, 0.3) is 0 Å². The third-order valence-electron chi connectivity index (χ3n) is 5.86. The molecule has 1 amide bonds. The van der Waals surface area contributed by atoms with Crippen molar-refractivity contribution in [2.45, 2.75) is 49.7 Å². The van der Waals surface area contributed by atoms with Crippen molar-refractivity contribution in [3.05, 3.63) is 60.4 Å². The molecule has 0 bridgehead atoms. The molecule has 170 valence electrons. The van der Waals surface area contributed by atoms with Crippen LogP contribution in [0.1, 0.15) is 44.6 Å². The molecule has 33 heavy (non-hydrogen) atoms. The summed E-state index contributed by atoms with van der Waals surface area (Å²) >= 11 is 1.32. The lowest BCUT2D eigenvalue weighted by molar-refractivity contribution is -0.116. The summed E-state index contributed by atoms with van der Waals surface area (Å²) < 4.78 is 16.6. The zero-order chi connectivity index (χ0) is 23.0. The van der Waals surface area contributed by atoms with E-state index in [1.807, 2.05) is 34.9 Å². The van der Waals surface area contributed by atoms with Crippen LogP contribution in [0.15, 0.2) is 59.8 Å². The summed E-state index contributed by atoms with van der Waals surface area (Å²) in [5.41, 5.74) is 1.19. The summed E-state index contributed by atoms with van der Waals surface area (Å²) in [5, 5.41) is 18.3. The summed E-state index contributed by atoms with van der Waals surface area (Å²) in [5.74, 6) is 0.232. The van der Waals surface area contributed by atoms with Gasteiger partial charge in [-0.3, -0.25) is 9.36 Å². The molecule has 0 N–H and O–H groups in total. The SMILES string of the molecule is N#CCCN(C(=O)CSc1nnc(-c2ccccc2F)n1C1CCCCC1)c1ccccc1. The first-order valence-corrected chi connectivity index (χ1v) is 12.2. The van der Waals surface area contributed by atoms with Crippen LogP contribution in [-0.4, -0.2) is 33.0 Å². The van der Waals surface area contributed by atoms with E-state index in [4.69, 9.17) is 5.26 Å². The molecule has 4 rings (SSSR count). The topological polar surface area (TPSA) is 74.8 Å². The number of para-hydroxylation sites is 1. The Kier molecular flexibility index (Phi) is 7.74. The molecule has 0 radical (unpaired) electrons. The van der Waals surface area contributed by atoms with Crippen LogP contribution >= 0.6 is 11.8 Å². The van der Waals surface area contributed by atoms with E-state index in [-0.39, 0.29) is 29.9 Å². The monoisotopic (exact) mass is 463 g/mol. The van der Waals surface area contributed by atoms with E-state index in [0.29, 0.717) is 23.1 Å². The second-order valence-corrected chi connectivity index (χ2v) is 8.97. The number of halogens is 1. The second-order valence-electron chi connectivity index (χ2n) is 8.03. The van der Waals surface area contributed by atoms with Crippen molar-refractivity contribution in [1.82, 2.24) is 14.8 Å². The summed E-state index contributed by atoms with van der Waals surface area (Å²) in [6.45, 7) is 0.329. The molecule has 1 heterocycles. The first kappa shape index (κ1) is 23.0. The maximum absolute atomic E-state index is 14.6. The van der Waals surface area contributed by atoms with Gasteiger partial charge >= 0.3 is 0 Å². The minimum Gasteiger partial charge on any atom is -0.311 e. The van der Waals surface area contributed by atoms with E-state index in [0.717, 1.165) is 31.4 Å². The molecule has 0 atom stereocenters. The molecule has 3 aromatic rings. The van der Waals surface area contributed by atoms with Crippen LogP contribution in [0, 0.1) is 17.1 Å². The molecule has 1 fully saturated rings. The lowest BCUT2D eigenvalue weighted by Gasteiger charge is -2.26. The quantitative estimate of drug-likeness (QED) is 0.405. The summed E-state index contributed by atoms with van der Waals surface area (Å²) in [6.07, 6.45) is 5.64. The molecule has 0 aliphatic heterocycles. The second kappa shape index (κ2) is 11.1. The smallest absolute Gasteiger partial charge is 0.237 e. The van der Waals surface area contributed by atoms with Gasteiger partial charge < -0.3 is 4.90 Å². The van der Waals surface area contributed by atoms with E-state index < -0.39 is 0 Å². The Balaban J connectivity index is 1.59. The Bertz CT molecular complexity index is 1120. The summed E-state index contributed by atoms with van der Waals surface area (Å²) in [4.78, 5) is 14.8. The zero-order valence-corrected chi connectivity index (χ0v) is 19.2. The van der Waals surface area contributed by atoms with Crippen molar-refractivity contribution in [1.29, 1.82) is 5.26 Å². The fourth-order valence-electron chi connectivity index (χ4n) is 4.24. The number of aromatic nitrogens is 3. The number of nitrogens with zero attached hydrogens (tertiary/aromatic N) is 5.